The van der Waals surface area contributed by atoms with Crippen LogP contribution < -0.4 is 0 Å². The van der Waals surface area contributed by atoms with Crippen molar-refractivity contribution in [2.45, 2.75) is 50.0 Å². The zero-order valence-corrected chi connectivity index (χ0v) is 22.6. The van der Waals surface area contributed by atoms with Crippen LogP contribution in [0.5, 0.6) is 0 Å². The lowest BCUT2D eigenvalue weighted by Crippen LogP contribution is -2.32. The monoisotopic (exact) mass is 537 g/mol. The fraction of sp³-hybridized carbons (Fsp3) is 0.500. The van der Waals surface area contributed by atoms with E-state index in [9.17, 15) is 8.42 Å². The molecule has 3 aromatic rings. The largest absolute Gasteiger partial charge is 0.382 e. The molecule has 0 aliphatic rings. The fourth-order valence-electron chi connectivity index (χ4n) is 3.82. The Morgan fingerprint density at radius 1 is 0.972 bits per heavy atom. The average Bonchev–Trinajstić information content (AvgIpc) is 3.25. The summed E-state index contributed by atoms with van der Waals surface area (Å²) in [6.45, 7) is 5.80. The van der Waals surface area contributed by atoms with Gasteiger partial charge in [-0.05, 0) is 20.8 Å². The lowest BCUT2D eigenvalue weighted by molar-refractivity contribution is 0.00142. The molecule has 0 unspecified atom stereocenters. The molecule has 2 heterocycles. The fourth-order valence-corrected chi connectivity index (χ4v) is 5.30. The van der Waals surface area contributed by atoms with E-state index in [4.69, 9.17) is 25.8 Å². The van der Waals surface area contributed by atoms with E-state index in [-0.39, 0.29) is 42.8 Å². The zero-order valence-electron chi connectivity index (χ0n) is 21.0. The molecule has 0 fully saturated rings. The Bertz CT molecular complexity index is 1200. The van der Waals surface area contributed by atoms with Crippen molar-refractivity contribution in [3.8, 4) is 11.4 Å². The third-order valence-corrected chi connectivity index (χ3v) is 7.75. The number of halogens is 1. The van der Waals surface area contributed by atoms with Crippen molar-refractivity contribution in [1.82, 2.24) is 24.7 Å². The molecule has 196 valence electrons. The molecule has 2 atom stereocenters. The summed E-state index contributed by atoms with van der Waals surface area (Å²) in [4.78, 5) is 8.43. The van der Waals surface area contributed by atoms with E-state index in [0.29, 0.717) is 10.8 Å². The van der Waals surface area contributed by atoms with Crippen molar-refractivity contribution in [1.29, 1.82) is 0 Å². The minimum atomic E-state index is -3.81. The van der Waals surface area contributed by atoms with Crippen LogP contribution in [-0.4, -0.2) is 71.9 Å². The topological polar surface area (TPSA) is 118 Å². The summed E-state index contributed by atoms with van der Waals surface area (Å²) in [5, 5.41) is 8.00. The maximum absolute atomic E-state index is 13.7. The van der Waals surface area contributed by atoms with Crippen LogP contribution in [0.1, 0.15) is 44.6 Å². The molecule has 0 bridgehead atoms. The lowest BCUT2D eigenvalue weighted by Gasteiger charge is -2.26. The van der Waals surface area contributed by atoms with Gasteiger partial charge in [0.25, 0.3) is 0 Å². The Morgan fingerprint density at radius 3 is 2.14 bits per heavy atom. The van der Waals surface area contributed by atoms with Crippen LogP contribution in [0.3, 0.4) is 0 Å². The Labute approximate surface area is 216 Å². The summed E-state index contributed by atoms with van der Waals surface area (Å²) in [6.07, 6.45) is 1.69. The highest BCUT2D eigenvalue weighted by Crippen LogP contribution is 2.29. The van der Waals surface area contributed by atoms with Gasteiger partial charge in [0.05, 0.1) is 35.6 Å². The molecule has 2 aromatic heterocycles. The molecule has 0 saturated heterocycles. The molecule has 1 aromatic carbocycles. The average molecular weight is 538 g/mol. The van der Waals surface area contributed by atoms with Gasteiger partial charge >= 0.3 is 0 Å². The van der Waals surface area contributed by atoms with Gasteiger partial charge in [-0.1, -0.05) is 41.9 Å². The van der Waals surface area contributed by atoms with Crippen LogP contribution in [-0.2, 0) is 29.8 Å². The minimum absolute atomic E-state index is 0.243. The summed E-state index contributed by atoms with van der Waals surface area (Å²) in [6, 6.07) is 9.11. The maximum atomic E-state index is 13.7. The number of rotatable bonds is 13. The van der Waals surface area contributed by atoms with E-state index in [0.717, 1.165) is 5.56 Å². The molecule has 0 spiro atoms. The Balaban J connectivity index is 2.02. The van der Waals surface area contributed by atoms with Crippen molar-refractivity contribution >= 4 is 21.4 Å². The first kappa shape index (κ1) is 28.1. The Kier molecular flexibility index (Phi) is 9.92. The second-order valence-corrected chi connectivity index (χ2v) is 11.4. The molecule has 0 radical (unpaired) electrons. The molecule has 0 amide bonds. The van der Waals surface area contributed by atoms with E-state index in [1.165, 1.54) is 12.4 Å². The quantitative estimate of drug-likeness (QED) is 0.321. The number of benzene rings is 1. The molecule has 36 heavy (non-hydrogen) atoms. The minimum Gasteiger partial charge on any atom is -0.382 e. The van der Waals surface area contributed by atoms with E-state index in [2.05, 4.69) is 20.2 Å². The highest BCUT2D eigenvalue weighted by Gasteiger charge is 2.36. The Hall–Kier alpha value is -2.44. The number of hydrogen-bond acceptors (Lipinski definition) is 9. The third kappa shape index (κ3) is 6.86. The number of aromatic nitrogens is 5. The first-order chi connectivity index (χ1) is 17.2. The second-order valence-electron chi connectivity index (χ2n) is 8.62. The first-order valence-electron chi connectivity index (χ1n) is 11.5. The summed E-state index contributed by atoms with van der Waals surface area (Å²) < 4.78 is 45.9. The van der Waals surface area contributed by atoms with E-state index >= 15 is 0 Å². The van der Waals surface area contributed by atoms with Gasteiger partial charge in [-0.15, -0.1) is 10.2 Å². The van der Waals surface area contributed by atoms with Crippen LogP contribution in [0.15, 0.2) is 42.7 Å². The van der Waals surface area contributed by atoms with E-state index < -0.39 is 21.2 Å². The van der Waals surface area contributed by atoms with Crippen molar-refractivity contribution < 1.29 is 22.6 Å². The number of sulfone groups is 1. The highest BCUT2D eigenvalue weighted by molar-refractivity contribution is 7.91. The van der Waals surface area contributed by atoms with E-state index in [1.54, 1.807) is 25.7 Å². The number of hydrogen-bond donors (Lipinski definition) is 0. The van der Waals surface area contributed by atoms with Gasteiger partial charge in [-0.25, -0.2) is 18.4 Å². The van der Waals surface area contributed by atoms with Gasteiger partial charge < -0.3 is 18.8 Å². The first-order valence-corrected chi connectivity index (χ1v) is 13.6. The highest BCUT2D eigenvalue weighted by atomic mass is 35.5. The summed E-state index contributed by atoms with van der Waals surface area (Å²) in [5.41, 5.74) is 0.800. The molecule has 0 aliphatic carbocycles. The summed E-state index contributed by atoms with van der Waals surface area (Å²) in [7, 11) is -0.660. The van der Waals surface area contributed by atoms with Crippen molar-refractivity contribution in [3.05, 3.63) is 59.4 Å². The summed E-state index contributed by atoms with van der Waals surface area (Å²) in [5.74, 6) is 0.680. The number of nitrogens with zero attached hydrogens (tertiary/aromatic N) is 5. The molecular formula is C24H32ClN5O5S. The number of ether oxygens (including phenoxy) is 3. The molecule has 10 nitrogen and oxygen atoms in total. The van der Waals surface area contributed by atoms with Crippen molar-refractivity contribution in [2.75, 3.05) is 27.4 Å². The standard InChI is InChI=1S/C24H32ClN5O5S/c1-16(2)35-22(23-26-11-19(25)12-27-23)17(3)36(31,32)15-21-28-29-24(18-9-7-6-8-10-18)30(21)20(13-33-4)14-34-5/h6-12,16-17,20,22H,13-15H2,1-5H3/t17-,22+/m0/s1. The molecule has 0 saturated carbocycles. The van der Waals surface area contributed by atoms with Gasteiger partial charge in [-0.2, -0.15) is 0 Å². The maximum Gasteiger partial charge on any atom is 0.164 e. The van der Waals surface area contributed by atoms with Crippen molar-refractivity contribution in [3.63, 3.8) is 0 Å². The molecular weight excluding hydrogens is 506 g/mol. The predicted octanol–water partition coefficient (Wildman–Crippen LogP) is 3.69. The van der Waals surface area contributed by atoms with Crippen LogP contribution in [0.2, 0.25) is 5.02 Å². The van der Waals surface area contributed by atoms with E-state index in [1.807, 2.05) is 44.2 Å². The molecule has 3 rings (SSSR count). The predicted molar refractivity (Wildman–Crippen MR) is 136 cm³/mol. The molecule has 0 aliphatic heterocycles. The third-order valence-electron chi connectivity index (χ3n) is 5.52. The van der Waals surface area contributed by atoms with Gasteiger partial charge in [0.15, 0.2) is 21.5 Å². The van der Waals surface area contributed by atoms with Crippen LogP contribution in [0.25, 0.3) is 11.4 Å². The van der Waals surface area contributed by atoms with Gasteiger partial charge in [0, 0.05) is 32.2 Å². The normalized spacial score (nSPS) is 13.9. The Morgan fingerprint density at radius 2 is 1.58 bits per heavy atom. The second kappa shape index (κ2) is 12.7. The van der Waals surface area contributed by atoms with Gasteiger partial charge in [-0.3, -0.25) is 0 Å². The van der Waals surface area contributed by atoms with Crippen molar-refractivity contribution in [2.24, 2.45) is 0 Å². The van der Waals surface area contributed by atoms with Gasteiger partial charge in [0.1, 0.15) is 17.7 Å². The molecule has 12 heteroatoms. The number of methoxy groups -OCH3 is 2. The SMILES string of the molecule is COCC(COC)n1c(CS(=O)(=O)[C@@H](C)[C@@H](OC(C)C)c2ncc(Cl)cn2)nnc1-c1ccccc1. The summed E-state index contributed by atoms with van der Waals surface area (Å²) >= 11 is 5.93. The van der Waals surface area contributed by atoms with Crippen LogP contribution in [0.4, 0.5) is 0 Å². The smallest absolute Gasteiger partial charge is 0.164 e. The van der Waals surface area contributed by atoms with Gasteiger partial charge in [0.2, 0.25) is 0 Å². The zero-order chi connectivity index (χ0) is 26.3. The van der Waals surface area contributed by atoms with Crippen LogP contribution >= 0.6 is 11.6 Å². The lowest BCUT2D eigenvalue weighted by atomic mass is 10.2. The van der Waals surface area contributed by atoms with Crippen LogP contribution in [0, 0.1) is 0 Å². The molecule has 0 N–H and O–H groups in total.